The lowest BCUT2D eigenvalue weighted by Gasteiger charge is -2.13. The SMILES string of the molecule is CCc1cccc(NC(=O)CCC(C)c2ccc(NC(C)=O)cc2)c1. The molecule has 0 spiro atoms. The molecule has 0 fully saturated rings. The highest BCUT2D eigenvalue weighted by Crippen LogP contribution is 2.23. The van der Waals surface area contributed by atoms with Gasteiger partial charge >= 0.3 is 0 Å². The summed E-state index contributed by atoms with van der Waals surface area (Å²) in [5.41, 5.74) is 4.02. The summed E-state index contributed by atoms with van der Waals surface area (Å²) >= 11 is 0. The molecule has 4 nitrogen and oxygen atoms in total. The minimum atomic E-state index is -0.0791. The lowest BCUT2D eigenvalue weighted by Crippen LogP contribution is -2.12. The third-order valence-electron chi connectivity index (χ3n) is 4.22. The molecule has 1 atom stereocenters. The van der Waals surface area contributed by atoms with Crippen molar-refractivity contribution in [3.63, 3.8) is 0 Å². The third-order valence-corrected chi connectivity index (χ3v) is 4.22. The number of hydrogen-bond acceptors (Lipinski definition) is 2. The normalized spacial score (nSPS) is 11.6. The number of anilines is 2. The quantitative estimate of drug-likeness (QED) is 0.767. The van der Waals surface area contributed by atoms with E-state index in [0.29, 0.717) is 6.42 Å². The average molecular weight is 338 g/mol. The summed E-state index contributed by atoms with van der Waals surface area (Å²) in [6.07, 6.45) is 2.21. The van der Waals surface area contributed by atoms with Crippen molar-refractivity contribution in [3.05, 3.63) is 59.7 Å². The summed E-state index contributed by atoms with van der Waals surface area (Å²) in [5, 5.41) is 5.72. The van der Waals surface area contributed by atoms with E-state index in [9.17, 15) is 9.59 Å². The minimum absolute atomic E-state index is 0.0370. The second kappa shape index (κ2) is 9.02. The zero-order valence-electron chi connectivity index (χ0n) is 15.1. The molecule has 0 aliphatic carbocycles. The van der Waals surface area contributed by atoms with Crippen molar-refractivity contribution >= 4 is 23.2 Å². The van der Waals surface area contributed by atoms with E-state index in [2.05, 4.69) is 30.5 Å². The van der Waals surface area contributed by atoms with Crippen LogP contribution in [0.15, 0.2) is 48.5 Å². The Morgan fingerprint density at radius 2 is 1.72 bits per heavy atom. The number of carbonyl (C=O) groups is 2. The Labute approximate surface area is 149 Å². The number of hydrogen-bond donors (Lipinski definition) is 2. The zero-order chi connectivity index (χ0) is 18.2. The Balaban J connectivity index is 1.85. The average Bonchev–Trinajstić information content (AvgIpc) is 2.60. The first-order valence-electron chi connectivity index (χ1n) is 8.74. The van der Waals surface area contributed by atoms with Crippen molar-refractivity contribution in [1.29, 1.82) is 0 Å². The van der Waals surface area contributed by atoms with E-state index in [1.807, 2.05) is 42.5 Å². The highest BCUT2D eigenvalue weighted by Gasteiger charge is 2.10. The van der Waals surface area contributed by atoms with Crippen LogP contribution in [0, 0.1) is 0 Å². The van der Waals surface area contributed by atoms with Gasteiger partial charge in [-0.25, -0.2) is 0 Å². The predicted octanol–water partition coefficient (Wildman–Crippen LogP) is 4.73. The summed E-state index contributed by atoms with van der Waals surface area (Å²) in [6.45, 7) is 5.70. The Morgan fingerprint density at radius 3 is 2.36 bits per heavy atom. The van der Waals surface area contributed by atoms with Gasteiger partial charge in [0.25, 0.3) is 0 Å². The van der Waals surface area contributed by atoms with E-state index in [1.54, 1.807) is 0 Å². The van der Waals surface area contributed by atoms with Gasteiger partial charge < -0.3 is 10.6 Å². The maximum absolute atomic E-state index is 12.2. The Bertz CT molecular complexity index is 723. The van der Waals surface area contributed by atoms with E-state index >= 15 is 0 Å². The van der Waals surface area contributed by atoms with Gasteiger partial charge in [0.2, 0.25) is 11.8 Å². The summed E-state index contributed by atoms with van der Waals surface area (Å²) in [7, 11) is 0. The number of carbonyl (C=O) groups excluding carboxylic acids is 2. The van der Waals surface area contributed by atoms with Crippen LogP contribution in [0.3, 0.4) is 0 Å². The van der Waals surface area contributed by atoms with E-state index in [-0.39, 0.29) is 17.7 Å². The fourth-order valence-electron chi connectivity index (χ4n) is 2.71. The van der Waals surface area contributed by atoms with Gasteiger partial charge in [-0.15, -0.1) is 0 Å². The fourth-order valence-corrected chi connectivity index (χ4v) is 2.71. The zero-order valence-corrected chi connectivity index (χ0v) is 15.1. The number of benzene rings is 2. The maximum atomic E-state index is 12.2. The molecule has 4 heteroatoms. The standard InChI is InChI=1S/C21H26N2O2/c1-4-17-6-5-7-20(14-17)23-21(25)13-8-15(2)18-9-11-19(12-10-18)22-16(3)24/h5-7,9-12,14-15H,4,8,13H2,1-3H3,(H,22,24)(H,23,25). The molecule has 2 N–H and O–H groups in total. The van der Waals surface area contributed by atoms with Gasteiger partial charge in [-0.2, -0.15) is 0 Å². The Hall–Kier alpha value is -2.62. The third kappa shape index (κ3) is 6.07. The van der Waals surface area contributed by atoms with Crippen LogP contribution in [0.2, 0.25) is 0 Å². The van der Waals surface area contributed by atoms with Gasteiger partial charge in [-0.05, 0) is 54.2 Å². The molecule has 0 aromatic heterocycles. The van der Waals surface area contributed by atoms with E-state index in [0.717, 1.165) is 29.8 Å². The molecule has 0 radical (unpaired) electrons. The van der Waals surface area contributed by atoms with Gasteiger partial charge in [-0.3, -0.25) is 9.59 Å². The molecule has 132 valence electrons. The van der Waals surface area contributed by atoms with Crippen molar-refractivity contribution < 1.29 is 9.59 Å². The molecular weight excluding hydrogens is 312 g/mol. The van der Waals surface area contributed by atoms with E-state index < -0.39 is 0 Å². The highest BCUT2D eigenvalue weighted by molar-refractivity contribution is 5.90. The summed E-state index contributed by atoms with van der Waals surface area (Å²) in [6, 6.07) is 15.7. The maximum Gasteiger partial charge on any atom is 0.224 e. The second-order valence-corrected chi connectivity index (χ2v) is 6.35. The van der Waals surface area contributed by atoms with Gasteiger partial charge in [-0.1, -0.05) is 38.1 Å². The van der Waals surface area contributed by atoms with Crippen molar-refractivity contribution in [2.45, 2.75) is 46.0 Å². The smallest absolute Gasteiger partial charge is 0.224 e. The Morgan fingerprint density at radius 1 is 1.00 bits per heavy atom. The monoisotopic (exact) mass is 338 g/mol. The molecule has 2 aromatic carbocycles. The van der Waals surface area contributed by atoms with E-state index in [1.165, 1.54) is 12.5 Å². The topological polar surface area (TPSA) is 58.2 Å². The summed E-state index contributed by atoms with van der Waals surface area (Å²) < 4.78 is 0. The summed E-state index contributed by atoms with van der Waals surface area (Å²) in [4.78, 5) is 23.2. The molecule has 0 heterocycles. The highest BCUT2D eigenvalue weighted by atomic mass is 16.2. The van der Waals surface area contributed by atoms with Crippen molar-refractivity contribution in [3.8, 4) is 0 Å². The van der Waals surface area contributed by atoms with Crippen LogP contribution in [0.1, 0.15) is 50.7 Å². The van der Waals surface area contributed by atoms with Gasteiger partial charge in [0.1, 0.15) is 0 Å². The molecule has 0 bridgehead atoms. The second-order valence-electron chi connectivity index (χ2n) is 6.35. The lowest BCUT2D eigenvalue weighted by atomic mass is 9.96. The Kier molecular flexibility index (Phi) is 6.75. The van der Waals surface area contributed by atoms with Crippen LogP contribution in [0.5, 0.6) is 0 Å². The number of nitrogens with one attached hydrogen (secondary N) is 2. The molecule has 0 saturated carbocycles. The van der Waals surface area contributed by atoms with Crippen LogP contribution in [-0.4, -0.2) is 11.8 Å². The van der Waals surface area contributed by atoms with Crippen molar-refractivity contribution in [2.24, 2.45) is 0 Å². The van der Waals surface area contributed by atoms with Gasteiger partial charge in [0.15, 0.2) is 0 Å². The minimum Gasteiger partial charge on any atom is -0.326 e. The summed E-state index contributed by atoms with van der Waals surface area (Å²) in [5.74, 6) is 0.235. The predicted molar refractivity (Wildman–Crippen MR) is 103 cm³/mol. The van der Waals surface area contributed by atoms with E-state index in [4.69, 9.17) is 0 Å². The van der Waals surface area contributed by atoms with Crippen molar-refractivity contribution in [2.75, 3.05) is 10.6 Å². The molecule has 25 heavy (non-hydrogen) atoms. The first-order valence-corrected chi connectivity index (χ1v) is 8.74. The van der Waals surface area contributed by atoms with Crippen LogP contribution in [0.25, 0.3) is 0 Å². The molecule has 0 aliphatic heterocycles. The first-order chi connectivity index (χ1) is 12.0. The lowest BCUT2D eigenvalue weighted by molar-refractivity contribution is -0.116. The largest absolute Gasteiger partial charge is 0.326 e. The van der Waals surface area contributed by atoms with Crippen LogP contribution < -0.4 is 10.6 Å². The molecule has 2 rings (SSSR count). The molecule has 2 aromatic rings. The van der Waals surface area contributed by atoms with Gasteiger partial charge in [0.05, 0.1) is 0 Å². The molecule has 0 aliphatic rings. The van der Waals surface area contributed by atoms with Crippen molar-refractivity contribution in [1.82, 2.24) is 0 Å². The number of amides is 2. The molecule has 0 saturated heterocycles. The van der Waals surface area contributed by atoms with Gasteiger partial charge in [0, 0.05) is 24.7 Å². The van der Waals surface area contributed by atoms with Crippen LogP contribution in [-0.2, 0) is 16.0 Å². The van der Waals surface area contributed by atoms with Crippen LogP contribution in [0.4, 0.5) is 11.4 Å². The number of aryl methyl sites for hydroxylation is 1. The molecule has 2 amide bonds. The first kappa shape index (κ1) is 18.7. The fraction of sp³-hybridized carbons (Fsp3) is 0.333. The molecular formula is C21H26N2O2. The molecule has 1 unspecified atom stereocenters. The number of rotatable bonds is 7. The van der Waals surface area contributed by atoms with Crippen LogP contribution >= 0.6 is 0 Å².